The summed E-state index contributed by atoms with van der Waals surface area (Å²) in [5, 5.41) is 0. The molecular formula is C10H16BFO3. The summed E-state index contributed by atoms with van der Waals surface area (Å²) in [4.78, 5) is 10.7. The van der Waals surface area contributed by atoms with Crippen LogP contribution in [0.5, 0.6) is 0 Å². The van der Waals surface area contributed by atoms with Crippen LogP contribution in [0, 0.1) is 0 Å². The van der Waals surface area contributed by atoms with Crippen LogP contribution in [-0.2, 0) is 14.1 Å². The zero-order valence-corrected chi connectivity index (χ0v) is 9.76. The van der Waals surface area contributed by atoms with E-state index in [2.05, 4.69) is 0 Å². The number of carbonyl (C=O) groups excluding carboxylic acids is 1. The Labute approximate surface area is 89.8 Å². The Bertz CT molecular complexity index is 294. The standard InChI is InChI=1S/C10H16BFO3/c1-7(13)6-8(12)11-14-9(2,3)10(4,5)15-11/h6H,1-5H3. The fourth-order valence-electron chi connectivity index (χ4n) is 1.22. The lowest BCUT2D eigenvalue weighted by molar-refractivity contribution is -0.112. The smallest absolute Gasteiger partial charge is 0.398 e. The zero-order valence-electron chi connectivity index (χ0n) is 9.76. The van der Waals surface area contributed by atoms with Crippen molar-refractivity contribution in [3.63, 3.8) is 0 Å². The van der Waals surface area contributed by atoms with Gasteiger partial charge in [0, 0.05) is 6.08 Å². The van der Waals surface area contributed by atoms with Crippen molar-refractivity contribution in [1.29, 1.82) is 0 Å². The highest BCUT2D eigenvalue weighted by molar-refractivity contribution is 6.54. The second-order valence-corrected chi connectivity index (χ2v) is 4.73. The van der Waals surface area contributed by atoms with Gasteiger partial charge in [-0.15, -0.1) is 0 Å². The summed E-state index contributed by atoms with van der Waals surface area (Å²) >= 11 is 0. The Morgan fingerprint density at radius 3 is 1.93 bits per heavy atom. The Morgan fingerprint density at radius 2 is 1.60 bits per heavy atom. The Morgan fingerprint density at radius 1 is 1.20 bits per heavy atom. The quantitative estimate of drug-likeness (QED) is 0.521. The molecule has 0 saturated carbocycles. The first-order chi connectivity index (χ1) is 6.66. The average molecular weight is 214 g/mol. The van der Waals surface area contributed by atoms with E-state index in [1.165, 1.54) is 6.92 Å². The number of ketones is 1. The summed E-state index contributed by atoms with van der Waals surface area (Å²) in [7, 11) is -1.07. The minimum absolute atomic E-state index is 0.359. The lowest BCUT2D eigenvalue weighted by Gasteiger charge is -2.32. The van der Waals surface area contributed by atoms with Crippen molar-refractivity contribution < 1.29 is 18.5 Å². The molecule has 1 saturated heterocycles. The second kappa shape index (κ2) is 3.72. The molecule has 15 heavy (non-hydrogen) atoms. The van der Waals surface area contributed by atoms with Crippen LogP contribution in [0.3, 0.4) is 0 Å². The molecule has 1 aliphatic rings. The molecule has 84 valence electrons. The Hall–Kier alpha value is -0.675. The molecule has 0 unspecified atom stereocenters. The molecule has 3 nitrogen and oxygen atoms in total. The first kappa shape index (κ1) is 12.4. The van der Waals surface area contributed by atoms with Gasteiger partial charge in [0.2, 0.25) is 0 Å². The van der Waals surface area contributed by atoms with E-state index in [0.29, 0.717) is 0 Å². The van der Waals surface area contributed by atoms with Gasteiger partial charge in [0.05, 0.1) is 11.2 Å². The molecule has 5 heteroatoms. The van der Waals surface area contributed by atoms with Crippen LogP contribution in [-0.4, -0.2) is 24.1 Å². The Kier molecular flexibility index (Phi) is 3.07. The minimum Gasteiger partial charge on any atom is -0.398 e. The molecular weight excluding hydrogens is 198 g/mol. The molecule has 0 aromatic heterocycles. The molecule has 0 aromatic carbocycles. The van der Waals surface area contributed by atoms with Crippen molar-refractivity contribution in [2.24, 2.45) is 0 Å². The minimum atomic E-state index is -1.07. The predicted molar refractivity (Wildman–Crippen MR) is 56.0 cm³/mol. The summed E-state index contributed by atoms with van der Waals surface area (Å²) in [5.74, 6) is -0.359. The summed E-state index contributed by atoms with van der Waals surface area (Å²) in [6, 6.07) is 0. The molecule has 0 N–H and O–H groups in total. The summed E-state index contributed by atoms with van der Waals surface area (Å²) in [5.41, 5.74) is -1.85. The molecule has 0 bridgehead atoms. The fraction of sp³-hybridized carbons (Fsp3) is 0.700. The van der Waals surface area contributed by atoms with Gasteiger partial charge in [0.1, 0.15) is 5.73 Å². The van der Waals surface area contributed by atoms with Crippen LogP contribution < -0.4 is 0 Å². The van der Waals surface area contributed by atoms with Gasteiger partial charge >= 0.3 is 7.12 Å². The lowest BCUT2D eigenvalue weighted by Crippen LogP contribution is -2.41. The van der Waals surface area contributed by atoms with Crippen LogP contribution in [0.4, 0.5) is 4.39 Å². The van der Waals surface area contributed by atoms with Crippen LogP contribution in [0.1, 0.15) is 34.6 Å². The van der Waals surface area contributed by atoms with E-state index in [-0.39, 0.29) is 5.78 Å². The molecule has 1 aliphatic heterocycles. The number of rotatable bonds is 2. The first-order valence-corrected chi connectivity index (χ1v) is 4.89. The summed E-state index contributed by atoms with van der Waals surface area (Å²) < 4.78 is 24.3. The van der Waals surface area contributed by atoms with Crippen LogP contribution in [0.25, 0.3) is 0 Å². The van der Waals surface area contributed by atoms with Gasteiger partial charge in [-0.1, -0.05) is 0 Å². The third kappa shape index (κ3) is 2.47. The molecule has 0 radical (unpaired) electrons. The van der Waals surface area contributed by atoms with Gasteiger partial charge in [0.25, 0.3) is 0 Å². The van der Waals surface area contributed by atoms with Crippen molar-refractivity contribution in [3.05, 3.63) is 11.8 Å². The van der Waals surface area contributed by atoms with E-state index in [9.17, 15) is 9.18 Å². The lowest BCUT2D eigenvalue weighted by atomic mass is 9.87. The molecule has 1 rings (SSSR count). The van der Waals surface area contributed by atoms with E-state index < -0.39 is 24.0 Å². The van der Waals surface area contributed by atoms with Gasteiger partial charge in [-0.3, -0.25) is 4.79 Å². The maximum Gasteiger partial charge on any atom is 0.525 e. The van der Waals surface area contributed by atoms with Crippen LogP contribution in [0.2, 0.25) is 0 Å². The Balaban J connectivity index is 2.84. The molecule has 0 aromatic rings. The van der Waals surface area contributed by atoms with Gasteiger partial charge in [-0.05, 0) is 34.6 Å². The van der Waals surface area contributed by atoms with Crippen molar-refractivity contribution in [2.75, 3.05) is 0 Å². The largest absolute Gasteiger partial charge is 0.525 e. The highest BCUT2D eigenvalue weighted by Crippen LogP contribution is 2.38. The highest BCUT2D eigenvalue weighted by atomic mass is 19.1. The molecule has 0 aliphatic carbocycles. The van der Waals surface area contributed by atoms with Crippen LogP contribution >= 0.6 is 0 Å². The van der Waals surface area contributed by atoms with Crippen molar-refractivity contribution in [1.82, 2.24) is 0 Å². The number of carbonyl (C=O) groups is 1. The second-order valence-electron chi connectivity index (χ2n) is 4.73. The van der Waals surface area contributed by atoms with Gasteiger partial charge < -0.3 is 9.31 Å². The maximum atomic E-state index is 13.4. The number of halogens is 1. The van der Waals surface area contributed by atoms with Crippen molar-refractivity contribution in [3.8, 4) is 0 Å². The molecule has 0 amide bonds. The third-order valence-corrected chi connectivity index (χ3v) is 2.82. The normalized spacial score (nSPS) is 24.4. The number of allylic oxidation sites excluding steroid dienone is 1. The average Bonchev–Trinajstić information content (AvgIpc) is 2.20. The van der Waals surface area contributed by atoms with Gasteiger partial charge in [0.15, 0.2) is 5.78 Å². The summed E-state index contributed by atoms with van der Waals surface area (Å²) in [6.07, 6.45) is 0.891. The molecule has 0 spiro atoms. The highest BCUT2D eigenvalue weighted by Gasteiger charge is 2.53. The van der Waals surface area contributed by atoms with E-state index in [1.807, 2.05) is 27.7 Å². The number of hydrogen-bond acceptors (Lipinski definition) is 3. The fourth-order valence-corrected chi connectivity index (χ4v) is 1.22. The SMILES string of the molecule is CC(=O)C=C(F)B1OC(C)(C)C(C)(C)O1. The summed E-state index contributed by atoms with van der Waals surface area (Å²) in [6.45, 7) is 8.59. The molecule has 1 fully saturated rings. The van der Waals surface area contributed by atoms with Crippen LogP contribution in [0.15, 0.2) is 11.8 Å². The monoisotopic (exact) mass is 214 g/mol. The van der Waals surface area contributed by atoms with E-state index >= 15 is 0 Å². The molecule has 0 atom stereocenters. The number of hydrogen-bond donors (Lipinski definition) is 0. The van der Waals surface area contributed by atoms with Crippen molar-refractivity contribution in [2.45, 2.75) is 45.8 Å². The molecule has 1 heterocycles. The predicted octanol–water partition coefficient (Wildman–Crippen LogP) is 2.06. The zero-order chi connectivity index (χ0) is 11.9. The van der Waals surface area contributed by atoms with Crippen molar-refractivity contribution >= 4 is 12.9 Å². The van der Waals surface area contributed by atoms with Gasteiger partial charge in [-0.25, -0.2) is 4.39 Å². The first-order valence-electron chi connectivity index (χ1n) is 4.89. The van der Waals surface area contributed by atoms with Gasteiger partial charge in [-0.2, -0.15) is 0 Å². The third-order valence-electron chi connectivity index (χ3n) is 2.82. The van der Waals surface area contributed by atoms with E-state index in [4.69, 9.17) is 9.31 Å². The maximum absolute atomic E-state index is 13.4. The van der Waals surface area contributed by atoms with E-state index in [1.54, 1.807) is 0 Å². The topological polar surface area (TPSA) is 35.5 Å². The van der Waals surface area contributed by atoms with E-state index in [0.717, 1.165) is 6.08 Å².